The molecule has 0 bridgehead atoms. The van der Waals surface area contributed by atoms with Crippen molar-refractivity contribution in [2.45, 2.75) is 181 Å². The van der Waals surface area contributed by atoms with E-state index in [0.717, 1.165) is 96.7 Å². The molecule has 0 radical (unpaired) electrons. The van der Waals surface area contributed by atoms with Crippen molar-refractivity contribution in [2.24, 2.45) is 0 Å². The van der Waals surface area contributed by atoms with Crippen molar-refractivity contribution < 1.29 is 160 Å². The quantitative estimate of drug-likeness (QED) is 0.00954. The Bertz CT molecular complexity index is 5780. The highest BCUT2D eigenvalue weighted by Crippen LogP contribution is 2.53. The van der Waals surface area contributed by atoms with E-state index in [2.05, 4.69) is 49.6 Å². The monoisotopic (exact) mass is 1910 g/mol. The minimum absolute atomic E-state index is 0.00425. The van der Waals surface area contributed by atoms with Crippen LogP contribution < -0.4 is 9.80 Å². The average molecular weight is 1910 g/mol. The molecule has 5 aliphatic heterocycles. The summed E-state index contributed by atoms with van der Waals surface area (Å²) in [5, 5.41) is 10.4. The maximum absolute atomic E-state index is 13.9. The van der Waals surface area contributed by atoms with Crippen LogP contribution in [0.2, 0.25) is 0 Å². The Hall–Kier alpha value is -10.1. The van der Waals surface area contributed by atoms with Gasteiger partial charge in [-0.1, -0.05) is 102 Å². The second kappa shape index (κ2) is 46.9. The molecule has 1 fully saturated rings. The summed E-state index contributed by atoms with van der Waals surface area (Å²) >= 11 is 0. The number of para-hydroxylation sites is 2. The number of benzene rings is 4. The molecule has 4 aromatic rings. The van der Waals surface area contributed by atoms with Gasteiger partial charge in [0.05, 0.1) is 80.4 Å². The molecular formula is C78H101N5O34S8+2. The van der Waals surface area contributed by atoms with Crippen LogP contribution >= 0.6 is 0 Å². The van der Waals surface area contributed by atoms with Crippen molar-refractivity contribution >= 4 is 153 Å². The van der Waals surface area contributed by atoms with Gasteiger partial charge in [0.25, 0.3) is 52.3 Å². The van der Waals surface area contributed by atoms with E-state index < -0.39 is 146 Å². The van der Waals surface area contributed by atoms with Crippen molar-refractivity contribution in [3.63, 3.8) is 0 Å². The molecule has 0 aromatic heterocycles. The summed E-state index contributed by atoms with van der Waals surface area (Å²) in [5.41, 5.74) is 7.25. The molecule has 5 heterocycles. The van der Waals surface area contributed by atoms with E-state index in [9.17, 15) is 81.2 Å². The van der Waals surface area contributed by atoms with E-state index in [1.54, 1.807) is 12.1 Å². The molecule has 0 saturated carbocycles. The van der Waals surface area contributed by atoms with Crippen LogP contribution in [0.3, 0.4) is 0 Å². The molecule has 5 N–H and O–H groups in total. The third-order valence-electron chi connectivity index (χ3n) is 20.4. The zero-order valence-electron chi connectivity index (χ0n) is 69.9. The topological polar surface area (TPSA) is 588 Å². The summed E-state index contributed by atoms with van der Waals surface area (Å²) in [5.74, 6) is -7.21. The van der Waals surface area contributed by atoms with E-state index in [1.165, 1.54) is 12.1 Å². The highest BCUT2D eigenvalue weighted by Gasteiger charge is 2.51. The Morgan fingerprint density at radius 1 is 0.456 bits per heavy atom. The molecule has 2 atom stereocenters. The molecule has 688 valence electrons. The van der Waals surface area contributed by atoms with E-state index in [0.29, 0.717) is 53.7 Å². The van der Waals surface area contributed by atoms with Gasteiger partial charge in [-0.3, -0.25) is 27.8 Å². The number of rotatable bonds is 35. The Morgan fingerprint density at radius 2 is 0.776 bits per heavy atom. The summed E-state index contributed by atoms with van der Waals surface area (Å²) in [7, 11) is -29.3. The lowest BCUT2D eigenvalue weighted by Gasteiger charge is -2.30. The summed E-state index contributed by atoms with van der Waals surface area (Å²) in [6, 6.07) is 21.7. The number of hydrogen-bond donors (Lipinski definition) is 5. The summed E-state index contributed by atoms with van der Waals surface area (Å²) < 4.78 is 245. The first-order chi connectivity index (χ1) is 58.0. The van der Waals surface area contributed by atoms with Crippen molar-refractivity contribution in [3.8, 4) is 0 Å². The number of hydrogen-bond acceptors (Lipinski definition) is 31. The fourth-order valence-electron chi connectivity index (χ4n) is 15.5. The Morgan fingerprint density at radius 3 is 1.10 bits per heavy atom. The van der Waals surface area contributed by atoms with Gasteiger partial charge in [0.15, 0.2) is 11.4 Å². The van der Waals surface area contributed by atoms with Crippen LogP contribution in [0.5, 0.6) is 0 Å². The van der Waals surface area contributed by atoms with Gasteiger partial charge in [0.1, 0.15) is 13.1 Å². The molecule has 5 aliphatic rings. The Labute approximate surface area is 730 Å². The first-order valence-corrected chi connectivity index (χ1v) is 49.2. The first kappa shape index (κ1) is 107. The number of anilines is 2. The minimum atomic E-state index is -4.30. The lowest BCUT2D eigenvalue weighted by molar-refractivity contribution is -0.438. The number of esters is 2. The second-order valence-corrected chi connectivity index (χ2v) is 38.0. The van der Waals surface area contributed by atoms with Crippen molar-refractivity contribution in [3.05, 3.63) is 165 Å². The van der Waals surface area contributed by atoms with Crippen LogP contribution in [0, 0.1) is 0 Å². The third-order valence-corrected chi connectivity index (χ3v) is 23.7. The molecule has 0 spiro atoms. The average Bonchev–Trinajstić information content (AvgIpc) is 1.58. The van der Waals surface area contributed by atoms with Crippen LogP contribution in [0.1, 0.15) is 223 Å². The van der Waals surface area contributed by atoms with Crippen LogP contribution in [0.15, 0.2) is 121 Å². The predicted molar refractivity (Wildman–Crippen MR) is 452 cm³/mol. The molecule has 1 saturated heterocycles. The van der Waals surface area contributed by atoms with Gasteiger partial charge in [-0.25, -0.2) is 19.2 Å². The molecule has 2 amide bonds. The lowest BCUT2D eigenvalue weighted by atomic mass is 9.77. The maximum atomic E-state index is 13.9. The minimum Gasteiger partial charge on any atom is -0.478 e. The zero-order valence-corrected chi connectivity index (χ0v) is 76.5. The second-order valence-electron chi connectivity index (χ2n) is 30.1. The molecular weight excluding hydrogens is 1810 g/mol. The van der Waals surface area contributed by atoms with Crippen molar-refractivity contribution in [2.75, 3.05) is 72.2 Å². The highest BCUT2D eigenvalue weighted by atomic mass is 32.2. The standard InChI is InChI=1S/C41H51N3O12S2.C37H48N2O10S2.4O3S/c1-6-8-21-43-32-27-28(38(47)56-44-35(45)18-19-36(44)46)26-29(39(48)55-23-13-25-58(52,53)54)37(32)40(3,4)33(43)16-11-17-34-41(5,20-7-2)30-14-9-10-15-31(30)42(34)22-12-24-57(49,50)51;1-6-8-19-39-30-25-26(34(40)41)24-27(35(42)49-21-13-23-51(46,47)48)33(30)36(3,4)31(39)16-11-17-32-37(5,18-7-2)28-14-9-10-15-29(28)38(32)20-12-22-50(43,44)45;4*1-4(2)3/h9-11,14-17,26-27H,6-8,12-13,18-25H2,1-5H3,(H-,49,50,51,52,53,54);9-11,14-17,24-25H,6-8,12-13,18-23H2,1-5H3,(H2-,40,41,43,44,45,46,47,48);;;;/p+2. The number of carbonyl (C=O) groups is 6. The SMILES string of the molecule is CCCC[N+]1=C(/C=C/C=C2/N(CCCS(=O)(=O)O)c3ccccc3C2(C)CCC)C(C)(C)c2c(C(=O)OCCCS(=O)(=O)O)cc(C(=O)O)cc21.CCCC[N+]1=C(/C=C/C=C2/N(CCCS(=O)(=O)O)c3ccccc3C2(C)CCC)C(C)(C)c2c(C(=O)OCCCS(=O)(=O)O)cc(C(=O)ON3C(=O)CCC3=O)cc21.O=S(=O)=O.O=S(=O)=O.O=S(=O)=O.O=S(=O)=O. The molecule has 0 aliphatic carbocycles. The Kier molecular flexibility index (Phi) is 40.3. The van der Waals surface area contributed by atoms with Gasteiger partial charge in [-0.15, -0.1) is 55.6 Å². The molecule has 47 heteroatoms. The Balaban J connectivity index is 0.000000449. The van der Waals surface area contributed by atoms with E-state index in [4.69, 9.17) is 69.4 Å². The number of carboxylic acids is 1. The van der Waals surface area contributed by atoms with Gasteiger partial charge in [0, 0.05) is 96.7 Å². The largest absolute Gasteiger partial charge is 0.478 e. The number of fused-ring (bicyclic) bond motifs is 4. The van der Waals surface area contributed by atoms with Crippen molar-refractivity contribution in [1.29, 1.82) is 0 Å². The van der Waals surface area contributed by atoms with Gasteiger partial charge < -0.3 is 29.2 Å². The van der Waals surface area contributed by atoms with Gasteiger partial charge in [-0.2, -0.15) is 42.8 Å². The molecule has 39 nitrogen and oxygen atoms in total. The van der Waals surface area contributed by atoms with Gasteiger partial charge in [-0.05, 0) is 128 Å². The maximum Gasteiger partial charge on any atom is 0.425 e. The van der Waals surface area contributed by atoms with E-state index in [1.807, 2.05) is 124 Å². The summed E-state index contributed by atoms with van der Waals surface area (Å²) in [4.78, 5) is 87.3. The van der Waals surface area contributed by atoms with E-state index in [-0.39, 0.29) is 90.9 Å². The third kappa shape index (κ3) is 30.9. The van der Waals surface area contributed by atoms with Gasteiger partial charge >= 0.3 is 66.3 Å². The molecule has 4 aromatic carbocycles. The van der Waals surface area contributed by atoms with Crippen LogP contribution in [0.25, 0.3) is 0 Å². The fraction of sp³-hybridized carbons (Fsp3) is 0.487. The first-order valence-electron chi connectivity index (χ1n) is 38.7. The summed E-state index contributed by atoms with van der Waals surface area (Å²) in [6.45, 7) is 21.5. The van der Waals surface area contributed by atoms with Crippen molar-refractivity contribution in [1.82, 2.24) is 5.06 Å². The number of carboxylic acid groups (broad SMARTS) is 1. The number of hydroxylamine groups is 2. The normalized spacial score (nSPS) is 17.8. The highest BCUT2D eigenvalue weighted by molar-refractivity contribution is 7.86. The van der Waals surface area contributed by atoms with Crippen LogP contribution in [-0.4, -0.2) is 231 Å². The predicted octanol–water partition coefficient (Wildman–Crippen LogP) is 8.09. The number of nitrogens with zero attached hydrogens (tertiary/aromatic N) is 5. The zero-order chi connectivity index (χ0) is 94.7. The fourth-order valence-corrected chi connectivity index (χ4v) is 17.5. The smallest absolute Gasteiger partial charge is 0.425 e. The lowest BCUT2D eigenvalue weighted by Crippen LogP contribution is -2.32. The number of amides is 2. The number of carbonyl (C=O) groups excluding carboxylic acids is 5. The number of allylic oxidation sites excluding steroid dienone is 8. The number of ether oxygens (including phenoxy) is 2. The van der Waals surface area contributed by atoms with Gasteiger partial charge in [0.2, 0.25) is 11.4 Å². The van der Waals surface area contributed by atoms with Crippen LogP contribution in [0.4, 0.5) is 22.7 Å². The number of unbranched alkanes of at least 4 members (excludes halogenated alkanes) is 2. The number of imide groups is 1. The molecule has 9 rings (SSSR count). The van der Waals surface area contributed by atoms with E-state index >= 15 is 0 Å². The molecule has 2 unspecified atom stereocenters. The summed E-state index contributed by atoms with van der Waals surface area (Å²) in [6.07, 6.45) is 18.3. The molecule has 125 heavy (non-hydrogen) atoms. The number of aromatic carboxylic acids is 1. The van der Waals surface area contributed by atoms with Crippen LogP contribution in [-0.2, 0) is 128 Å².